The van der Waals surface area contributed by atoms with E-state index in [0.29, 0.717) is 6.42 Å². The van der Waals surface area contributed by atoms with E-state index in [-0.39, 0.29) is 23.3 Å². The third-order valence-electron chi connectivity index (χ3n) is 3.23. The molecule has 0 saturated carbocycles. The number of carbonyl (C=O) groups is 1. The molecule has 0 saturated heterocycles. The number of phenolic OH excluding ortho intramolecular Hbond substituents is 2. The van der Waals surface area contributed by atoms with Gasteiger partial charge in [-0.2, -0.15) is 0 Å². The first kappa shape index (κ1) is 15.3. The number of rotatable bonds is 6. The standard InChI is InChI=1S/C15H23NO3/c1-4-5-8-16(3)15(19)11(2)9-12-6-7-13(17)14(18)10-12/h6-7,10-11,17-18H,4-5,8-9H2,1-3H3. The van der Waals surface area contributed by atoms with Crippen molar-refractivity contribution in [2.75, 3.05) is 13.6 Å². The van der Waals surface area contributed by atoms with Crippen LogP contribution >= 0.6 is 0 Å². The van der Waals surface area contributed by atoms with Gasteiger partial charge >= 0.3 is 0 Å². The maximum atomic E-state index is 12.1. The van der Waals surface area contributed by atoms with E-state index in [4.69, 9.17) is 0 Å². The normalized spacial score (nSPS) is 12.2. The third kappa shape index (κ3) is 4.47. The minimum absolute atomic E-state index is 0.112. The van der Waals surface area contributed by atoms with Gasteiger partial charge in [-0.05, 0) is 30.5 Å². The van der Waals surface area contributed by atoms with Crippen molar-refractivity contribution in [3.8, 4) is 11.5 Å². The lowest BCUT2D eigenvalue weighted by Crippen LogP contribution is -2.33. The molecule has 0 aromatic heterocycles. The summed E-state index contributed by atoms with van der Waals surface area (Å²) in [5.41, 5.74) is 0.847. The van der Waals surface area contributed by atoms with E-state index in [1.807, 2.05) is 14.0 Å². The van der Waals surface area contributed by atoms with E-state index in [9.17, 15) is 15.0 Å². The van der Waals surface area contributed by atoms with Crippen LogP contribution in [0.15, 0.2) is 18.2 Å². The van der Waals surface area contributed by atoms with Gasteiger partial charge in [0.05, 0.1) is 0 Å². The van der Waals surface area contributed by atoms with E-state index in [0.717, 1.165) is 24.9 Å². The first-order valence-corrected chi connectivity index (χ1v) is 6.71. The monoisotopic (exact) mass is 265 g/mol. The Balaban J connectivity index is 2.60. The molecule has 1 rings (SSSR count). The van der Waals surface area contributed by atoms with Crippen molar-refractivity contribution in [2.45, 2.75) is 33.1 Å². The Hall–Kier alpha value is -1.71. The fourth-order valence-corrected chi connectivity index (χ4v) is 2.02. The van der Waals surface area contributed by atoms with Crippen LogP contribution in [0.25, 0.3) is 0 Å². The van der Waals surface area contributed by atoms with Gasteiger partial charge in [-0.25, -0.2) is 0 Å². The highest BCUT2D eigenvalue weighted by molar-refractivity contribution is 5.78. The molecule has 106 valence electrons. The van der Waals surface area contributed by atoms with Crippen molar-refractivity contribution in [1.82, 2.24) is 4.90 Å². The molecule has 2 N–H and O–H groups in total. The average Bonchev–Trinajstić information content (AvgIpc) is 2.39. The maximum Gasteiger partial charge on any atom is 0.225 e. The molecule has 0 aliphatic heterocycles. The Morgan fingerprint density at radius 3 is 2.58 bits per heavy atom. The molecule has 1 aromatic carbocycles. The quantitative estimate of drug-likeness (QED) is 0.777. The predicted molar refractivity (Wildman–Crippen MR) is 75.2 cm³/mol. The summed E-state index contributed by atoms with van der Waals surface area (Å²) >= 11 is 0. The summed E-state index contributed by atoms with van der Waals surface area (Å²) in [7, 11) is 1.82. The van der Waals surface area contributed by atoms with Crippen molar-refractivity contribution < 1.29 is 15.0 Å². The van der Waals surface area contributed by atoms with Crippen LogP contribution in [-0.4, -0.2) is 34.6 Å². The average molecular weight is 265 g/mol. The molecule has 0 fully saturated rings. The maximum absolute atomic E-state index is 12.1. The SMILES string of the molecule is CCCCN(C)C(=O)C(C)Cc1ccc(O)c(O)c1. The molecule has 1 amide bonds. The molecular weight excluding hydrogens is 242 g/mol. The number of hydrogen-bond donors (Lipinski definition) is 2. The van der Waals surface area contributed by atoms with E-state index in [1.165, 1.54) is 12.1 Å². The number of benzene rings is 1. The molecule has 0 aliphatic carbocycles. The second kappa shape index (κ2) is 7.02. The zero-order chi connectivity index (χ0) is 14.4. The fourth-order valence-electron chi connectivity index (χ4n) is 2.02. The summed E-state index contributed by atoms with van der Waals surface area (Å²) in [5, 5.41) is 18.7. The van der Waals surface area contributed by atoms with Gasteiger partial charge in [-0.15, -0.1) is 0 Å². The minimum Gasteiger partial charge on any atom is -0.504 e. The summed E-state index contributed by atoms with van der Waals surface area (Å²) < 4.78 is 0. The Kier molecular flexibility index (Phi) is 5.67. The van der Waals surface area contributed by atoms with Crippen molar-refractivity contribution in [1.29, 1.82) is 0 Å². The van der Waals surface area contributed by atoms with Crippen molar-refractivity contribution in [3.63, 3.8) is 0 Å². The lowest BCUT2D eigenvalue weighted by Gasteiger charge is -2.21. The van der Waals surface area contributed by atoms with Gasteiger partial charge < -0.3 is 15.1 Å². The van der Waals surface area contributed by atoms with Crippen LogP contribution in [0.4, 0.5) is 0 Å². The van der Waals surface area contributed by atoms with Gasteiger partial charge in [0, 0.05) is 19.5 Å². The molecule has 4 nitrogen and oxygen atoms in total. The first-order valence-electron chi connectivity index (χ1n) is 6.71. The summed E-state index contributed by atoms with van der Waals surface area (Å²) in [6, 6.07) is 4.68. The van der Waals surface area contributed by atoms with Crippen LogP contribution in [-0.2, 0) is 11.2 Å². The third-order valence-corrected chi connectivity index (χ3v) is 3.23. The fraction of sp³-hybridized carbons (Fsp3) is 0.533. The van der Waals surface area contributed by atoms with Gasteiger partial charge in [0.2, 0.25) is 5.91 Å². The Morgan fingerprint density at radius 1 is 1.32 bits per heavy atom. The molecular formula is C15H23NO3. The van der Waals surface area contributed by atoms with Crippen molar-refractivity contribution in [2.24, 2.45) is 5.92 Å². The first-order chi connectivity index (χ1) is 8.95. The molecule has 0 bridgehead atoms. The number of unbranched alkanes of at least 4 members (excludes halogenated alkanes) is 1. The van der Waals surface area contributed by atoms with Gasteiger partial charge in [0.15, 0.2) is 11.5 Å². The molecule has 1 aromatic rings. The van der Waals surface area contributed by atoms with Crippen LogP contribution < -0.4 is 0 Å². The molecule has 1 atom stereocenters. The smallest absolute Gasteiger partial charge is 0.225 e. The predicted octanol–water partition coefficient (Wildman–Crippen LogP) is 2.53. The number of amides is 1. The second-order valence-electron chi connectivity index (χ2n) is 5.04. The van der Waals surface area contributed by atoms with Crippen LogP contribution in [0, 0.1) is 5.92 Å². The summed E-state index contributed by atoms with van der Waals surface area (Å²) in [4.78, 5) is 13.9. The molecule has 0 heterocycles. The van der Waals surface area contributed by atoms with Crippen LogP contribution in [0.3, 0.4) is 0 Å². The van der Waals surface area contributed by atoms with Crippen LogP contribution in [0.2, 0.25) is 0 Å². The molecule has 4 heteroatoms. The molecule has 0 aliphatic rings. The van der Waals surface area contributed by atoms with Gasteiger partial charge in [-0.3, -0.25) is 4.79 Å². The Morgan fingerprint density at radius 2 is 2.00 bits per heavy atom. The van der Waals surface area contributed by atoms with Gasteiger partial charge in [-0.1, -0.05) is 26.3 Å². The zero-order valence-electron chi connectivity index (χ0n) is 11.9. The lowest BCUT2D eigenvalue weighted by atomic mass is 9.99. The van der Waals surface area contributed by atoms with Crippen molar-refractivity contribution >= 4 is 5.91 Å². The topological polar surface area (TPSA) is 60.8 Å². The van der Waals surface area contributed by atoms with E-state index in [1.54, 1.807) is 11.0 Å². The second-order valence-corrected chi connectivity index (χ2v) is 5.04. The zero-order valence-corrected chi connectivity index (χ0v) is 11.9. The summed E-state index contributed by atoms with van der Waals surface area (Å²) in [5.74, 6) is -0.300. The molecule has 19 heavy (non-hydrogen) atoms. The Bertz CT molecular complexity index is 431. The highest BCUT2D eigenvalue weighted by Crippen LogP contribution is 2.26. The van der Waals surface area contributed by atoms with E-state index in [2.05, 4.69) is 6.92 Å². The minimum atomic E-state index is -0.142. The molecule has 1 unspecified atom stereocenters. The van der Waals surface area contributed by atoms with E-state index >= 15 is 0 Å². The van der Waals surface area contributed by atoms with Gasteiger partial charge in [0.1, 0.15) is 0 Å². The lowest BCUT2D eigenvalue weighted by molar-refractivity contribution is -0.133. The highest BCUT2D eigenvalue weighted by atomic mass is 16.3. The van der Waals surface area contributed by atoms with Crippen LogP contribution in [0.5, 0.6) is 11.5 Å². The number of nitrogens with zero attached hydrogens (tertiary/aromatic N) is 1. The number of hydrogen-bond acceptors (Lipinski definition) is 3. The van der Waals surface area contributed by atoms with Crippen molar-refractivity contribution in [3.05, 3.63) is 23.8 Å². The number of aromatic hydroxyl groups is 2. The van der Waals surface area contributed by atoms with Crippen LogP contribution in [0.1, 0.15) is 32.3 Å². The number of carbonyl (C=O) groups excluding carboxylic acids is 1. The highest BCUT2D eigenvalue weighted by Gasteiger charge is 2.17. The largest absolute Gasteiger partial charge is 0.504 e. The summed E-state index contributed by atoms with van der Waals surface area (Å²) in [6.07, 6.45) is 2.63. The number of phenols is 2. The van der Waals surface area contributed by atoms with E-state index < -0.39 is 0 Å². The molecule has 0 radical (unpaired) electrons. The summed E-state index contributed by atoms with van der Waals surface area (Å²) in [6.45, 7) is 4.76. The van der Waals surface area contributed by atoms with Gasteiger partial charge in [0.25, 0.3) is 0 Å². The molecule has 0 spiro atoms. The Labute approximate surface area is 114 Å².